The van der Waals surface area contributed by atoms with E-state index in [0.717, 1.165) is 39.0 Å². The Morgan fingerprint density at radius 2 is 1.80 bits per heavy atom. The van der Waals surface area contributed by atoms with E-state index in [-0.39, 0.29) is 5.15 Å². The maximum absolute atomic E-state index is 13.6. The zero-order valence-electron chi connectivity index (χ0n) is 14.4. The van der Waals surface area contributed by atoms with E-state index in [1.165, 1.54) is 6.07 Å². The van der Waals surface area contributed by atoms with Gasteiger partial charge < -0.3 is 4.48 Å². The van der Waals surface area contributed by atoms with Crippen molar-refractivity contribution in [3.8, 4) is 0 Å². The highest BCUT2D eigenvalue weighted by atomic mass is 35.5. The minimum Gasteiger partial charge on any atom is -0.316 e. The number of hydrogen-bond donors (Lipinski definition) is 0. The van der Waals surface area contributed by atoms with Gasteiger partial charge in [0.15, 0.2) is 0 Å². The molecule has 0 fully saturated rings. The van der Waals surface area contributed by atoms with E-state index in [1.54, 1.807) is 6.07 Å². The number of rotatable bonds is 4. The van der Waals surface area contributed by atoms with E-state index in [0.29, 0.717) is 11.3 Å². The molecular weight excluding hydrogens is 340 g/mol. The fourth-order valence-electron chi connectivity index (χ4n) is 3.33. The van der Waals surface area contributed by atoms with Crippen LogP contribution in [0.3, 0.4) is 0 Å². The van der Waals surface area contributed by atoms with E-state index in [4.69, 9.17) is 16.6 Å². The molecule has 128 valence electrons. The third kappa shape index (κ3) is 3.09. The highest BCUT2D eigenvalue weighted by molar-refractivity contribution is 6.45. The molecule has 0 saturated carbocycles. The summed E-state index contributed by atoms with van der Waals surface area (Å²) in [5.41, 5.74) is 5.73. The second kappa shape index (κ2) is 7.00. The molecule has 0 bridgehead atoms. The lowest BCUT2D eigenvalue weighted by atomic mass is 9.95. The smallest absolute Gasteiger partial charge is 0.316 e. The molecule has 3 rings (SSSR count). The number of nitrogens with zero attached hydrogens (tertiary/aromatic N) is 2. The van der Waals surface area contributed by atoms with Crippen LogP contribution in [0, 0.1) is 0 Å². The van der Waals surface area contributed by atoms with Crippen LogP contribution < -0.4 is 0 Å². The lowest BCUT2D eigenvalue weighted by Gasteiger charge is -2.15. The van der Waals surface area contributed by atoms with E-state index in [2.05, 4.69) is 6.92 Å². The number of allylic oxidation sites excluding steroid dienone is 2. The first-order valence-electron chi connectivity index (χ1n) is 8.16. The molecule has 0 atom stereocenters. The normalized spacial score (nSPS) is 16.3. The molecule has 0 aliphatic carbocycles. The molecule has 1 aliphatic heterocycles. The summed E-state index contributed by atoms with van der Waals surface area (Å²) in [5.74, 6) is 0. The fraction of sp³-hybridized carbons (Fsp3) is 0.211. The minimum atomic E-state index is -2.72. The summed E-state index contributed by atoms with van der Waals surface area (Å²) in [6.07, 6.45) is 0.851. The van der Waals surface area contributed by atoms with Crippen LogP contribution in [-0.4, -0.2) is 17.6 Å². The van der Waals surface area contributed by atoms with Crippen molar-refractivity contribution in [3.05, 3.63) is 75.7 Å². The van der Waals surface area contributed by atoms with Crippen LogP contribution in [0.5, 0.6) is 0 Å². The molecule has 0 unspecified atom stereocenters. The van der Waals surface area contributed by atoms with Gasteiger partial charge in [-0.05, 0) is 49.1 Å². The molecule has 0 radical (unpaired) electrons. The predicted molar refractivity (Wildman–Crippen MR) is 101 cm³/mol. The first-order valence-corrected chi connectivity index (χ1v) is 8.54. The highest BCUT2D eigenvalue weighted by Gasteiger charge is 2.28. The van der Waals surface area contributed by atoms with Gasteiger partial charge in [-0.15, -0.1) is 0 Å². The number of halogens is 3. The quantitative estimate of drug-likeness (QED) is 0.608. The van der Waals surface area contributed by atoms with Crippen molar-refractivity contribution in [1.82, 2.24) is 4.48 Å². The molecule has 1 aliphatic rings. The first kappa shape index (κ1) is 17.7. The van der Waals surface area contributed by atoms with Crippen molar-refractivity contribution in [1.29, 1.82) is 0 Å². The molecule has 0 N–H and O–H groups in total. The molecule has 1 aromatic carbocycles. The lowest BCUT2D eigenvalue weighted by Crippen LogP contribution is -2.16. The summed E-state index contributed by atoms with van der Waals surface area (Å²) < 4.78 is 28.1. The van der Waals surface area contributed by atoms with Gasteiger partial charge >= 0.3 is 7.40 Å². The zero-order chi connectivity index (χ0) is 18.1. The second-order valence-corrected chi connectivity index (χ2v) is 6.32. The average Bonchev–Trinajstić information content (AvgIpc) is 3.09. The molecule has 2 aromatic rings. The van der Waals surface area contributed by atoms with E-state index >= 15 is 0 Å². The SMILES string of the molecule is CCC1=C(C)/C(=C(\c2ccccc2)c2ccc(Cl)n2B(F)F)N=C1C. The van der Waals surface area contributed by atoms with Crippen molar-refractivity contribution >= 4 is 30.3 Å². The van der Waals surface area contributed by atoms with Crippen molar-refractivity contribution in [2.75, 3.05) is 0 Å². The zero-order valence-corrected chi connectivity index (χ0v) is 15.1. The number of aliphatic imine (C=N–C) groups is 1. The molecule has 6 heteroatoms. The maximum Gasteiger partial charge on any atom is 0.678 e. The van der Waals surface area contributed by atoms with Crippen LogP contribution >= 0.6 is 11.6 Å². The van der Waals surface area contributed by atoms with Gasteiger partial charge in [-0.3, -0.25) is 13.6 Å². The van der Waals surface area contributed by atoms with Gasteiger partial charge in [-0.2, -0.15) is 0 Å². The Morgan fingerprint density at radius 3 is 2.36 bits per heavy atom. The van der Waals surface area contributed by atoms with E-state index in [9.17, 15) is 8.63 Å². The molecule has 0 amide bonds. The summed E-state index contributed by atoms with van der Waals surface area (Å²) >= 11 is 6.01. The number of hydrogen-bond acceptors (Lipinski definition) is 1. The summed E-state index contributed by atoms with van der Waals surface area (Å²) in [4.78, 5) is 4.71. The first-order chi connectivity index (χ1) is 12.0. The number of benzene rings is 1. The van der Waals surface area contributed by atoms with Gasteiger partial charge in [0.2, 0.25) is 0 Å². The molecule has 2 nitrogen and oxygen atoms in total. The molecule has 1 aromatic heterocycles. The maximum atomic E-state index is 13.6. The monoisotopic (exact) mass is 358 g/mol. The third-order valence-corrected chi connectivity index (χ3v) is 4.80. The Hall–Kier alpha value is -2.14. The van der Waals surface area contributed by atoms with Gasteiger partial charge in [-0.1, -0.05) is 48.9 Å². The summed E-state index contributed by atoms with van der Waals surface area (Å²) in [7, 11) is -2.72. The topological polar surface area (TPSA) is 17.3 Å². The molecule has 0 saturated heterocycles. The van der Waals surface area contributed by atoms with E-state index < -0.39 is 7.40 Å². The largest absolute Gasteiger partial charge is 0.678 e. The summed E-state index contributed by atoms with van der Waals surface area (Å²) in [5, 5.41) is 0.00933. The van der Waals surface area contributed by atoms with Crippen LogP contribution in [0.4, 0.5) is 8.63 Å². The second-order valence-electron chi connectivity index (χ2n) is 5.93. The van der Waals surface area contributed by atoms with Crippen LogP contribution in [0.2, 0.25) is 5.15 Å². The predicted octanol–water partition coefficient (Wildman–Crippen LogP) is 5.87. The summed E-state index contributed by atoms with van der Waals surface area (Å²) in [6.45, 7) is 6.02. The fourth-order valence-corrected chi connectivity index (χ4v) is 3.56. The third-order valence-electron chi connectivity index (χ3n) is 4.50. The molecule has 0 spiro atoms. The lowest BCUT2D eigenvalue weighted by molar-refractivity contribution is 0.628. The van der Waals surface area contributed by atoms with Crippen LogP contribution in [0.25, 0.3) is 5.57 Å². The van der Waals surface area contributed by atoms with Crippen molar-refractivity contribution in [2.24, 2.45) is 4.99 Å². The average molecular weight is 359 g/mol. The standard InChI is InChI=1S/C19H18BClF2N2/c1-4-15-12(2)19(24-13(15)3)18(14-8-6-5-7-9-14)16-10-11-17(21)25(16)20(22)23/h5-11H,4H2,1-3H3/b19-18-. The Bertz CT molecular complexity index is 895. The van der Waals surface area contributed by atoms with Gasteiger partial charge in [-0.25, -0.2) is 0 Å². The van der Waals surface area contributed by atoms with Crippen LogP contribution in [-0.2, 0) is 0 Å². The van der Waals surface area contributed by atoms with E-state index in [1.807, 2.05) is 44.2 Å². The van der Waals surface area contributed by atoms with Crippen molar-refractivity contribution < 1.29 is 8.63 Å². The van der Waals surface area contributed by atoms with Crippen LogP contribution in [0.1, 0.15) is 38.4 Å². The summed E-state index contributed by atoms with van der Waals surface area (Å²) in [6, 6.07) is 12.6. The Balaban J connectivity index is 2.35. The van der Waals surface area contributed by atoms with Gasteiger partial charge in [0.1, 0.15) is 5.15 Å². The van der Waals surface area contributed by atoms with Crippen LogP contribution in [0.15, 0.2) is 64.3 Å². The highest BCUT2D eigenvalue weighted by Crippen LogP contribution is 2.38. The minimum absolute atomic E-state index is 0.00933. The van der Waals surface area contributed by atoms with Crippen molar-refractivity contribution in [2.45, 2.75) is 27.2 Å². The molecule has 2 heterocycles. The van der Waals surface area contributed by atoms with Gasteiger partial charge in [0, 0.05) is 17.0 Å². The Kier molecular flexibility index (Phi) is 4.95. The molecular formula is C19H18BClF2N2. The Labute approximate surface area is 151 Å². The Morgan fingerprint density at radius 1 is 1.12 bits per heavy atom. The van der Waals surface area contributed by atoms with Gasteiger partial charge in [0.05, 0.1) is 5.70 Å². The van der Waals surface area contributed by atoms with Crippen molar-refractivity contribution in [3.63, 3.8) is 0 Å². The molecule has 25 heavy (non-hydrogen) atoms. The number of aromatic nitrogens is 1. The van der Waals surface area contributed by atoms with Gasteiger partial charge in [0.25, 0.3) is 0 Å².